The van der Waals surface area contributed by atoms with Crippen molar-refractivity contribution in [1.82, 2.24) is 4.57 Å². The van der Waals surface area contributed by atoms with E-state index in [9.17, 15) is 4.79 Å². The smallest absolute Gasteiger partial charge is 0.228 e. The van der Waals surface area contributed by atoms with Crippen molar-refractivity contribution in [2.45, 2.75) is 26.2 Å². The van der Waals surface area contributed by atoms with Gasteiger partial charge in [0.2, 0.25) is 5.91 Å². The van der Waals surface area contributed by atoms with Crippen LogP contribution in [0.5, 0.6) is 0 Å². The quantitative estimate of drug-likeness (QED) is 0.670. The first-order valence-electron chi connectivity index (χ1n) is 6.01. The van der Waals surface area contributed by atoms with Crippen LogP contribution in [-0.2, 0) is 6.42 Å². The van der Waals surface area contributed by atoms with Gasteiger partial charge in [0, 0.05) is 12.3 Å². The van der Waals surface area contributed by atoms with Gasteiger partial charge in [0.25, 0.3) is 0 Å². The van der Waals surface area contributed by atoms with Crippen LogP contribution in [0.1, 0.15) is 35.8 Å². The Morgan fingerprint density at radius 2 is 2.06 bits per heavy atom. The van der Waals surface area contributed by atoms with Gasteiger partial charge >= 0.3 is 0 Å². The van der Waals surface area contributed by atoms with Gasteiger partial charge in [0.15, 0.2) is 0 Å². The molecule has 0 atom stereocenters. The van der Waals surface area contributed by atoms with E-state index in [-0.39, 0.29) is 5.91 Å². The maximum absolute atomic E-state index is 11.9. The largest absolute Gasteiger partial charge is 0.280 e. The fourth-order valence-corrected chi connectivity index (χ4v) is 2.86. The van der Waals surface area contributed by atoms with Gasteiger partial charge in [0.05, 0.1) is 11.2 Å². The number of nitrogens with zero attached hydrogens (tertiary/aromatic N) is 1. The minimum atomic E-state index is 0.0745. The van der Waals surface area contributed by atoms with E-state index < -0.39 is 0 Å². The standard InChI is InChI=1S/C15H15NO/c1-10-6-5-8-13-12-7-3-4-9-14(12)16(11(2)17)15(10)13/h3-4,7,9H,1,5-6,8H2,2H3. The van der Waals surface area contributed by atoms with Gasteiger partial charge in [-0.1, -0.05) is 24.8 Å². The van der Waals surface area contributed by atoms with Gasteiger partial charge in [-0.05, 0) is 36.5 Å². The molecule has 2 heteroatoms. The maximum Gasteiger partial charge on any atom is 0.228 e. The average Bonchev–Trinajstić information content (AvgIpc) is 2.65. The summed E-state index contributed by atoms with van der Waals surface area (Å²) in [4.78, 5) is 11.9. The third-order valence-electron chi connectivity index (χ3n) is 3.53. The number of rotatable bonds is 0. The van der Waals surface area contributed by atoms with Crippen molar-refractivity contribution in [3.8, 4) is 0 Å². The fourth-order valence-electron chi connectivity index (χ4n) is 2.86. The molecule has 0 N–H and O–H groups in total. The van der Waals surface area contributed by atoms with Gasteiger partial charge in [-0.2, -0.15) is 0 Å². The first kappa shape index (κ1) is 10.3. The van der Waals surface area contributed by atoms with E-state index in [4.69, 9.17) is 0 Å². The molecular formula is C15H15NO. The zero-order chi connectivity index (χ0) is 12.0. The highest BCUT2D eigenvalue weighted by Gasteiger charge is 2.23. The lowest BCUT2D eigenvalue weighted by atomic mass is 9.92. The van der Waals surface area contributed by atoms with Crippen molar-refractivity contribution in [1.29, 1.82) is 0 Å². The van der Waals surface area contributed by atoms with Crippen LogP contribution in [-0.4, -0.2) is 10.5 Å². The van der Waals surface area contributed by atoms with Gasteiger partial charge in [-0.25, -0.2) is 0 Å². The molecule has 1 heterocycles. The molecule has 1 aromatic heterocycles. The first-order valence-corrected chi connectivity index (χ1v) is 6.01. The molecule has 0 unspecified atom stereocenters. The van der Waals surface area contributed by atoms with Crippen LogP contribution in [0.2, 0.25) is 0 Å². The zero-order valence-corrected chi connectivity index (χ0v) is 9.99. The van der Waals surface area contributed by atoms with E-state index in [0.717, 1.165) is 36.0 Å². The van der Waals surface area contributed by atoms with Gasteiger partial charge in [-0.3, -0.25) is 9.36 Å². The number of hydrogen-bond donors (Lipinski definition) is 0. The van der Waals surface area contributed by atoms with Crippen LogP contribution < -0.4 is 0 Å². The van der Waals surface area contributed by atoms with Crippen LogP contribution in [0.25, 0.3) is 16.5 Å². The summed E-state index contributed by atoms with van der Waals surface area (Å²) in [5.41, 5.74) is 4.47. The van der Waals surface area contributed by atoms with Gasteiger partial charge < -0.3 is 0 Å². The number of aromatic nitrogens is 1. The molecule has 0 fully saturated rings. The van der Waals surface area contributed by atoms with E-state index >= 15 is 0 Å². The SMILES string of the molecule is C=C1CCCc2c1n(C(C)=O)c1ccccc21. The Morgan fingerprint density at radius 3 is 2.82 bits per heavy atom. The monoisotopic (exact) mass is 225 g/mol. The number of aryl methyl sites for hydroxylation is 1. The minimum Gasteiger partial charge on any atom is -0.280 e. The Hall–Kier alpha value is -1.83. The van der Waals surface area contributed by atoms with Crippen LogP contribution in [0.3, 0.4) is 0 Å². The number of fused-ring (bicyclic) bond motifs is 3. The summed E-state index contributed by atoms with van der Waals surface area (Å²) in [6.07, 6.45) is 3.18. The van der Waals surface area contributed by atoms with Gasteiger partial charge in [0.1, 0.15) is 0 Å². The second-order valence-corrected chi connectivity index (χ2v) is 4.66. The zero-order valence-electron chi connectivity index (χ0n) is 9.99. The molecule has 17 heavy (non-hydrogen) atoms. The van der Waals surface area contributed by atoms with Crippen molar-refractivity contribution >= 4 is 22.4 Å². The Bertz CT molecular complexity index is 634. The molecule has 2 aromatic rings. The van der Waals surface area contributed by atoms with E-state index in [2.05, 4.69) is 12.6 Å². The van der Waals surface area contributed by atoms with E-state index in [1.54, 1.807) is 6.92 Å². The number of hydrogen-bond acceptors (Lipinski definition) is 1. The van der Waals surface area contributed by atoms with Gasteiger partial charge in [-0.15, -0.1) is 0 Å². The number of para-hydroxylation sites is 1. The highest BCUT2D eigenvalue weighted by Crippen LogP contribution is 2.36. The maximum atomic E-state index is 11.9. The summed E-state index contributed by atoms with van der Waals surface area (Å²) in [7, 11) is 0. The lowest BCUT2D eigenvalue weighted by Gasteiger charge is -2.16. The Balaban J connectivity index is 2.47. The van der Waals surface area contributed by atoms with Crippen molar-refractivity contribution in [2.24, 2.45) is 0 Å². The molecule has 0 radical (unpaired) electrons. The fraction of sp³-hybridized carbons (Fsp3) is 0.267. The predicted octanol–water partition coefficient (Wildman–Crippen LogP) is 3.65. The van der Waals surface area contributed by atoms with E-state index in [0.29, 0.717) is 0 Å². The summed E-state index contributed by atoms with van der Waals surface area (Å²) in [6, 6.07) is 8.13. The molecule has 0 bridgehead atoms. The molecule has 86 valence electrons. The predicted molar refractivity (Wildman–Crippen MR) is 70.2 cm³/mol. The molecule has 1 aliphatic rings. The second-order valence-electron chi connectivity index (χ2n) is 4.66. The molecule has 0 aliphatic heterocycles. The number of carbonyl (C=O) groups excluding carboxylic acids is 1. The molecule has 1 aromatic carbocycles. The van der Waals surface area contributed by atoms with Crippen LogP contribution in [0.15, 0.2) is 30.8 Å². The van der Waals surface area contributed by atoms with Crippen molar-refractivity contribution in [2.75, 3.05) is 0 Å². The van der Waals surface area contributed by atoms with Crippen molar-refractivity contribution in [3.05, 3.63) is 42.1 Å². The highest BCUT2D eigenvalue weighted by atomic mass is 16.1. The Kier molecular flexibility index (Phi) is 2.18. The molecule has 0 saturated carbocycles. The van der Waals surface area contributed by atoms with E-state index in [1.165, 1.54) is 10.9 Å². The molecule has 2 nitrogen and oxygen atoms in total. The number of benzene rings is 1. The number of allylic oxidation sites excluding steroid dienone is 1. The molecule has 0 saturated heterocycles. The Morgan fingerprint density at radius 1 is 1.29 bits per heavy atom. The van der Waals surface area contributed by atoms with Crippen molar-refractivity contribution < 1.29 is 4.79 Å². The number of carbonyl (C=O) groups is 1. The molecule has 3 rings (SSSR count). The summed E-state index contributed by atoms with van der Waals surface area (Å²) in [6.45, 7) is 5.74. The topological polar surface area (TPSA) is 22.0 Å². The lowest BCUT2D eigenvalue weighted by Crippen LogP contribution is -2.12. The summed E-state index contributed by atoms with van der Waals surface area (Å²) in [5.74, 6) is 0.0745. The van der Waals surface area contributed by atoms with Crippen LogP contribution in [0.4, 0.5) is 0 Å². The normalized spacial score (nSPS) is 15.0. The lowest BCUT2D eigenvalue weighted by molar-refractivity contribution is 0.0940. The molecule has 0 spiro atoms. The third kappa shape index (κ3) is 1.37. The van der Waals surface area contributed by atoms with Crippen LogP contribution >= 0.6 is 0 Å². The second kappa shape index (κ2) is 3.59. The molecule has 1 aliphatic carbocycles. The summed E-state index contributed by atoms with van der Waals surface area (Å²) < 4.78 is 1.83. The third-order valence-corrected chi connectivity index (χ3v) is 3.53. The Labute approximate surface area is 101 Å². The first-order chi connectivity index (χ1) is 8.20. The molecular weight excluding hydrogens is 210 g/mol. The molecule has 0 amide bonds. The van der Waals surface area contributed by atoms with Crippen molar-refractivity contribution in [3.63, 3.8) is 0 Å². The van der Waals surface area contributed by atoms with Crippen LogP contribution in [0, 0.1) is 0 Å². The summed E-state index contributed by atoms with van der Waals surface area (Å²) >= 11 is 0. The average molecular weight is 225 g/mol. The van der Waals surface area contributed by atoms with E-state index in [1.807, 2.05) is 22.8 Å². The minimum absolute atomic E-state index is 0.0745. The summed E-state index contributed by atoms with van der Waals surface area (Å²) in [5, 5.41) is 1.21. The highest BCUT2D eigenvalue weighted by molar-refractivity contribution is 5.99.